The van der Waals surface area contributed by atoms with Crippen LogP contribution in [0.1, 0.15) is 59.4 Å². The second-order valence-corrected chi connectivity index (χ2v) is 11.4. The summed E-state index contributed by atoms with van der Waals surface area (Å²) >= 11 is 12.8. The number of aromatic carboxylic acids is 1. The first-order chi connectivity index (χ1) is 19.3. The Morgan fingerprint density at radius 2 is 1.51 bits per heavy atom. The molecule has 0 bridgehead atoms. The van der Waals surface area contributed by atoms with E-state index in [-0.39, 0.29) is 50.2 Å². The van der Waals surface area contributed by atoms with Crippen molar-refractivity contribution >= 4 is 46.6 Å². The van der Waals surface area contributed by atoms with Crippen LogP contribution < -0.4 is 9.47 Å². The fraction of sp³-hybridized carbons (Fsp3) is 0.258. The summed E-state index contributed by atoms with van der Waals surface area (Å²) in [4.78, 5) is 39.7. The molecule has 1 unspecified atom stereocenters. The van der Waals surface area contributed by atoms with Crippen LogP contribution in [0.15, 0.2) is 60.2 Å². The van der Waals surface area contributed by atoms with Crippen LogP contribution in [-0.4, -0.2) is 47.0 Å². The molecule has 0 saturated carbocycles. The maximum absolute atomic E-state index is 13.5. The van der Waals surface area contributed by atoms with Crippen LogP contribution in [0.4, 0.5) is 0 Å². The zero-order valence-corrected chi connectivity index (χ0v) is 24.6. The van der Waals surface area contributed by atoms with Crippen molar-refractivity contribution in [3.05, 3.63) is 98.0 Å². The maximum Gasteiger partial charge on any atom is 0.335 e. The van der Waals surface area contributed by atoms with Gasteiger partial charge in [-0.2, -0.15) is 0 Å². The number of methoxy groups -OCH3 is 2. The van der Waals surface area contributed by atoms with E-state index in [1.54, 1.807) is 12.1 Å². The Morgan fingerprint density at radius 3 is 2.02 bits per heavy atom. The minimum Gasteiger partial charge on any atom is -0.507 e. The van der Waals surface area contributed by atoms with Crippen molar-refractivity contribution < 1.29 is 34.1 Å². The molecule has 10 heteroatoms. The Balaban J connectivity index is 1.92. The number of rotatable bonds is 7. The number of carboxylic acids is 1. The molecule has 3 aromatic carbocycles. The topological polar surface area (TPSA) is 113 Å². The van der Waals surface area contributed by atoms with Crippen molar-refractivity contribution in [2.45, 2.75) is 38.8 Å². The fourth-order valence-electron chi connectivity index (χ4n) is 4.80. The van der Waals surface area contributed by atoms with E-state index in [0.29, 0.717) is 11.1 Å². The van der Waals surface area contributed by atoms with Gasteiger partial charge in [0.2, 0.25) is 0 Å². The third-order valence-corrected chi connectivity index (χ3v) is 7.60. The van der Waals surface area contributed by atoms with Crippen LogP contribution in [-0.2, 0) is 21.5 Å². The van der Waals surface area contributed by atoms with Crippen molar-refractivity contribution in [3.63, 3.8) is 0 Å². The highest BCUT2D eigenvalue weighted by Gasteiger charge is 2.46. The first-order valence-corrected chi connectivity index (χ1v) is 13.4. The quantitative estimate of drug-likeness (QED) is 0.178. The number of carbonyl (C=O) groups excluding carboxylic acids is 2. The lowest BCUT2D eigenvalue weighted by atomic mass is 9.85. The van der Waals surface area contributed by atoms with E-state index in [9.17, 15) is 24.6 Å². The second-order valence-electron chi connectivity index (χ2n) is 10.6. The van der Waals surface area contributed by atoms with Gasteiger partial charge in [-0.15, -0.1) is 0 Å². The Kier molecular flexibility index (Phi) is 8.38. The van der Waals surface area contributed by atoms with Gasteiger partial charge < -0.3 is 24.6 Å². The molecule has 2 N–H and O–H groups in total. The van der Waals surface area contributed by atoms with Gasteiger partial charge in [-0.05, 0) is 40.3 Å². The molecule has 4 rings (SSSR count). The molecule has 1 saturated heterocycles. The van der Waals surface area contributed by atoms with Gasteiger partial charge in [-0.25, -0.2) is 4.79 Å². The summed E-state index contributed by atoms with van der Waals surface area (Å²) in [5, 5.41) is 20.9. The van der Waals surface area contributed by atoms with Crippen molar-refractivity contribution in [1.29, 1.82) is 0 Å². The molecule has 214 valence electrons. The number of Topliss-reactive ketones (excluding diaryl/α,β-unsaturated/α-hetero) is 1. The SMILES string of the molecule is COc1c(Cl)cc(/C(O)=C2\C(=O)C(=O)N(Cc3ccc(C(=O)O)cc3)C2c2ccc(C(C)(C)C)cc2)c(OC)c1Cl. The third kappa shape index (κ3) is 5.62. The van der Waals surface area contributed by atoms with Crippen LogP contribution in [0.5, 0.6) is 11.5 Å². The number of amides is 1. The first kappa shape index (κ1) is 30.0. The molecule has 0 aliphatic carbocycles. The van der Waals surface area contributed by atoms with Gasteiger partial charge in [0.1, 0.15) is 10.8 Å². The smallest absolute Gasteiger partial charge is 0.335 e. The predicted octanol–water partition coefficient (Wildman–Crippen LogP) is 6.63. The van der Waals surface area contributed by atoms with Crippen LogP contribution >= 0.6 is 23.2 Å². The number of hydrogen-bond donors (Lipinski definition) is 2. The van der Waals surface area contributed by atoms with Gasteiger partial charge in [0, 0.05) is 6.54 Å². The van der Waals surface area contributed by atoms with Gasteiger partial charge >= 0.3 is 5.97 Å². The molecule has 1 fully saturated rings. The molecule has 0 spiro atoms. The van der Waals surface area contributed by atoms with Gasteiger partial charge in [0.05, 0.1) is 42.0 Å². The highest BCUT2D eigenvalue weighted by Crippen LogP contribution is 2.47. The fourth-order valence-corrected chi connectivity index (χ4v) is 5.48. The van der Waals surface area contributed by atoms with E-state index in [0.717, 1.165) is 5.56 Å². The van der Waals surface area contributed by atoms with Gasteiger partial charge in [0.15, 0.2) is 11.5 Å². The Morgan fingerprint density at radius 1 is 0.927 bits per heavy atom. The maximum atomic E-state index is 13.5. The number of carbonyl (C=O) groups is 3. The van der Waals surface area contributed by atoms with Gasteiger partial charge in [-0.3, -0.25) is 9.59 Å². The lowest BCUT2D eigenvalue weighted by Crippen LogP contribution is -2.29. The average Bonchev–Trinajstić information content (AvgIpc) is 3.17. The van der Waals surface area contributed by atoms with Crippen LogP contribution in [0.3, 0.4) is 0 Å². The number of aliphatic hydroxyl groups is 1. The van der Waals surface area contributed by atoms with Gasteiger partial charge in [-0.1, -0.05) is 80.4 Å². The molecular formula is C31H29Cl2NO7. The highest BCUT2D eigenvalue weighted by atomic mass is 35.5. The summed E-state index contributed by atoms with van der Waals surface area (Å²) < 4.78 is 10.7. The van der Waals surface area contributed by atoms with E-state index < -0.39 is 29.5 Å². The number of halogens is 2. The third-order valence-electron chi connectivity index (χ3n) is 6.98. The number of benzene rings is 3. The molecule has 0 radical (unpaired) electrons. The molecule has 1 amide bonds. The Labute approximate surface area is 247 Å². The highest BCUT2D eigenvalue weighted by molar-refractivity contribution is 6.47. The molecule has 1 aliphatic rings. The zero-order chi connectivity index (χ0) is 30.2. The number of likely N-dealkylation sites (tertiary alicyclic amines) is 1. The predicted molar refractivity (Wildman–Crippen MR) is 156 cm³/mol. The lowest BCUT2D eigenvalue weighted by molar-refractivity contribution is -0.140. The summed E-state index contributed by atoms with van der Waals surface area (Å²) in [5.41, 5.74) is 2.02. The summed E-state index contributed by atoms with van der Waals surface area (Å²) in [7, 11) is 2.72. The first-order valence-electron chi connectivity index (χ1n) is 12.6. The second kappa shape index (κ2) is 11.5. The summed E-state index contributed by atoms with van der Waals surface area (Å²) in [6, 6.07) is 13.8. The summed E-state index contributed by atoms with van der Waals surface area (Å²) in [5.74, 6) is -3.19. The van der Waals surface area contributed by atoms with Crippen molar-refractivity contribution in [1.82, 2.24) is 4.90 Å². The standard InChI is InChI=1S/C31H29Cl2NO7/c1-31(2,3)19-12-10-17(11-13-19)24-22(25(35)20-14-21(32)28(41-5)23(33)27(20)40-4)26(36)29(37)34(24)15-16-6-8-18(9-7-16)30(38)39/h6-14,24,35H,15H2,1-5H3,(H,38,39)/b25-22+. The Hall–Kier alpha value is -4.01. The van der Waals surface area contributed by atoms with Crippen molar-refractivity contribution in [2.24, 2.45) is 0 Å². The molecule has 41 heavy (non-hydrogen) atoms. The van der Waals surface area contributed by atoms with E-state index in [1.165, 1.54) is 37.3 Å². The van der Waals surface area contributed by atoms with Crippen LogP contribution in [0, 0.1) is 0 Å². The number of nitrogens with zero attached hydrogens (tertiary/aromatic N) is 1. The number of ether oxygens (including phenoxy) is 2. The van der Waals surface area contributed by atoms with Crippen molar-refractivity contribution in [3.8, 4) is 11.5 Å². The van der Waals surface area contributed by atoms with Crippen LogP contribution in [0.25, 0.3) is 5.76 Å². The molecular weight excluding hydrogens is 569 g/mol. The normalized spacial score (nSPS) is 16.7. The van der Waals surface area contributed by atoms with E-state index in [2.05, 4.69) is 20.8 Å². The summed E-state index contributed by atoms with van der Waals surface area (Å²) in [6.45, 7) is 6.18. The molecule has 1 aliphatic heterocycles. The average molecular weight is 598 g/mol. The number of ketones is 1. The van der Waals surface area contributed by atoms with E-state index in [4.69, 9.17) is 32.7 Å². The minimum atomic E-state index is -1.08. The number of hydrogen-bond acceptors (Lipinski definition) is 6. The van der Waals surface area contributed by atoms with Crippen molar-refractivity contribution in [2.75, 3.05) is 14.2 Å². The monoisotopic (exact) mass is 597 g/mol. The van der Waals surface area contributed by atoms with Gasteiger partial charge in [0.25, 0.3) is 11.7 Å². The molecule has 1 heterocycles. The molecule has 1 atom stereocenters. The largest absolute Gasteiger partial charge is 0.507 e. The Bertz CT molecular complexity index is 1560. The molecule has 0 aromatic heterocycles. The van der Waals surface area contributed by atoms with Crippen LogP contribution in [0.2, 0.25) is 10.0 Å². The van der Waals surface area contributed by atoms with E-state index in [1.807, 2.05) is 24.3 Å². The molecule has 8 nitrogen and oxygen atoms in total. The molecule has 3 aromatic rings. The minimum absolute atomic E-state index is 0.0112. The summed E-state index contributed by atoms with van der Waals surface area (Å²) in [6.07, 6.45) is 0. The zero-order valence-electron chi connectivity index (χ0n) is 23.1. The number of carboxylic acid groups (broad SMARTS) is 1. The number of aliphatic hydroxyl groups excluding tert-OH is 1. The van der Waals surface area contributed by atoms with E-state index >= 15 is 0 Å². The lowest BCUT2D eigenvalue weighted by Gasteiger charge is -2.27.